The van der Waals surface area contributed by atoms with Gasteiger partial charge < -0.3 is 11.1 Å². The molecule has 18 heavy (non-hydrogen) atoms. The summed E-state index contributed by atoms with van der Waals surface area (Å²) in [6.45, 7) is 0.694. The molecule has 2 aliphatic carbocycles. The smallest absolute Gasteiger partial charge is 0.368 e. The summed E-state index contributed by atoms with van der Waals surface area (Å²) in [4.78, 5) is 11.5. The molecule has 0 aliphatic heterocycles. The number of rotatable bonds is 4. The Morgan fingerprint density at radius 2 is 1.78 bits per heavy atom. The molecule has 0 radical (unpaired) electrons. The lowest BCUT2D eigenvalue weighted by Crippen LogP contribution is -2.58. The van der Waals surface area contributed by atoms with Gasteiger partial charge in [-0.25, -0.2) is 0 Å². The number of nitrogens with one attached hydrogen (secondary N) is 1. The summed E-state index contributed by atoms with van der Waals surface area (Å²) in [5, 5.41) is 3.13. The van der Waals surface area contributed by atoms with Gasteiger partial charge in [0.25, 0.3) is 0 Å². The molecular weight excluding hydrogens is 245 g/mol. The van der Waals surface area contributed by atoms with Crippen LogP contribution in [0, 0.1) is 11.8 Å². The number of alkyl halides is 3. The summed E-state index contributed by atoms with van der Waals surface area (Å²) in [6, 6.07) is 0. The summed E-state index contributed by atoms with van der Waals surface area (Å²) >= 11 is 0. The van der Waals surface area contributed by atoms with Crippen LogP contribution in [0.25, 0.3) is 0 Å². The van der Waals surface area contributed by atoms with E-state index in [9.17, 15) is 18.0 Å². The fraction of sp³-hybridized carbons (Fsp3) is 0.917. The predicted octanol–water partition coefficient (Wildman–Crippen LogP) is 1.96. The van der Waals surface area contributed by atoms with E-state index in [0.717, 1.165) is 12.8 Å². The topological polar surface area (TPSA) is 55.1 Å². The van der Waals surface area contributed by atoms with Gasteiger partial charge in [0.15, 0.2) is 0 Å². The van der Waals surface area contributed by atoms with Crippen molar-refractivity contribution < 1.29 is 18.0 Å². The number of hydrogen-bond acceptors (Lipinski definition) is 2. The highest BCUT2D eigenvalue weighted by Gasteiger charge is 2.48. The number of amides is 1. The lowest BCUT2D eigenvalue weighted by Gasteiger charge is -2.39. The van der Waals surface area contributed by atoms with Crippen molar-refractivity contribution in [2.75, 3.05) is 6.54 Å². The number of halogens is 3. The van der Waals surface area contributed by atoms with Gasteiger partial charge in [-0.15, -0.1) is 0 Å². The van der Waals surface area contributed by atoms with Gasteiger partial charge in [0, 0.05) is 0 Å². The molecule has 0 heterocycles. The molecule has 0 unspecified atom stereocenters. The number of primary amides is 1. The van der Waals surface area contributed by atoms with Crippen molar-refractivity contribution >= 4 is 5.91 Å². The fourth-order valence-corrected chi connectivity index (χ4v) is 2.61. The van der Waals surface area contributed by atoms with Crippen LogP contribution in [0.2, 0.25) is 0 Å². The van der Waals surface area contributed by atoms with Crippen molar-refractivity contribution in [2.45, 2.75) is 50.2 Å². The third-order valence-electron chi connectivity index (χ3n) is 4.20. The first kappa shape index (κ1) is 13.6. The zero-order valence-corrected chi connectivity index (χ0v) is 10.2. The Labute approximate surface area is 104 Å². The number of carbonyl (C=O) groups excluding carboxylic acids is 1. The van der Waals surface area contributed by atoms with E-state index in [-0.39, 0.29) is 25.7 Å². The molecule has 2 fully saturated rings. The molecule has 2 aliphatic rings. The van der Waals surface area contributed by atoms with Crippen LogP contribution >= 0.6 is 0 Å². The molecule has 2 rings (SSSR count). The second-order valence-corrected chi connectivity index (χ2v) is 5.59. The van der Waals surface area contributed by atoms with Gasteiger partial charge in [0.2, 0.25) is 5.91 Å². The van der Waals surface area contributed by atoms with Crippen molar-refractivity contribution in [2.24, 2.45) is 17.6 Å². The van der Waals surface area contributed by atoms with Gasteiger partial charge in [-0.1, -0.05) is 0 Å². The van der Waals surface area contributed by atoms with Crippen molar-refractivity contribution in [3.05, 3.63) is 0 Å². The Morgan fingerprint density at radius 1 is 1.22 bits per heavy atom. The van der Waals surface area contributed by atoms with Gasteiger partial charge in [-0.2, -0.15) is 13.2 Å². The highest BCUT2D eigenvalue weighted by Crippen LogP contribution is 2.41. The van der Waals surface area contributed by atoms with Gasteiger partial charge in [0.05, 0.1) is 11.5 Å². The van der Waals surface area contributed by atoms with E-state index in [1.807, 2.05) is 0 Å². The minimum atomic E-state index is -4.15. The summed E-state index contributed by atoms with van der Waals surface area (Å²) < 4.78 is 37.7. The molecule has 3 nitrogen and oxygen atoms in total. The Kier molecular flexibility index (Phi) is 3.58. The summed E-state index contributed by atoms with van der Waals surface area (Å²) in [6.07, 6.45) is -1.52. The molecule has 0 bridgehead atoms. The van der Waals surface area contributed by atoms with Gasteiger partial charge in [0.1, 0.15) is 0 Å². The average molecular weight is 264 g/mol. The van der Waals surface area contributed by atoms with Gasteiger partial charge in [-0.05, 0) is 51.0 Å². The van der Waals surface area contributed by atoms with E-state index in [2.05, 4.69) is 5.32 Å². The molecule has 0 aromatic carbocycles. The van der Waals surface area contributed by atoms with E-state index in [1.165, 1.54) is 0 Å². The monoisotopic (exact) mass is 264 g/mol. The number of hydrogen-bond donors (Lipinski definition) is 2. The molecule has 104 valence electrons. The standard InChI is InChI=1S/C12H19F3N2O/c13-12(14,15)9-3-5-11(6-4-9,10(16)18)17-7-8-1-2-8/h8-9,17H,1-7H2,(H2,16,18). The second-order valence-electron chi connectivity index (χ2n) is 5.59. The van der Waals surface area contributed by atoms with Crippen molar-refractivity contribution in [3.63, 3.8) is 0 Å². The second kappa shape index (κ2) is 4.72. The van der Waals surface area contributed by atoms with Crippen LogP contribution in [0.5, 0.6) is 0 Å². The molecule has 0 aromatic heterocycles. The summed E-state index contributed by atoms with van der Waals surface area (Å²) in [5.41, 5.74) is 4.47. The van der Waals surface area contributed by atoms with Crippen LogP contribution in [0.15, 0.2) is 0 Å². The Hall–Kier alpha value is -0.780. The first-order chi connectivity index (χ1) is 8.33. The number of carbonyl (C=O) groups is 1. The average Bonchev–Trinajstić information content (AvgIpc) is 3.09. The molecular formula is C12H19F3N2O. The van der Waals surface area contributed by atoms with E-state index >= 15 is 0 Å². The first-order valence-corrected chi connectivity index (χ1v) is 6.45. The minimum Gasteiger partial charge on any atom is -0.368 e. The fourth-order valence-electron chi connectivity index (χ4n) is 2.61. The quantitative estimate of drug-likeness (QED) is 0.815. The maximum absolute atomic E-state index is 12.6. The third-order valence-corrected chi connectivity index (χ3v) is 4.20. The van der Waals surface area contributed by atoms with E-state index in [1.54, 1.807) is 0 Å². The van der Waals surface area contributed by atoms with Crippen LogP contribution < -0.4 is 11.1 Å². The van der Waals surface area contributed by atoms with Crippen LogP contribution in [-0.4, -0.2) is 24.2 Å². The molecule has 1 amide bonds. The van der Waals surface area contributed by atoms with Crippen LogP contribution in [0.1, 0.15) is 38.5 Å². The predicted molar refractivity (Wildman–Crippen MR) is 60.7 cm³/mol. The van der Waals surface area contributed by atoms with Gasteiger partial charge >= 0.3 is 6.18 Å². The van der Waals surface area contributed by atoms with Crippen molar-refractivity contribution in [1.29, 1.82) is 0 Å². The van der Waals surface area contributed by atoms with Crippen molar-refractivity contribution in [3.8, 4) is 0 Å². The maximum atomic E-state index is 12.6. The minimum absolute atomic E-state index is 0.00981. The Bertz CT molecular complexity index is 318. The molecule has 6 heteroatoms. The van der Waals surface area contributed by atoms with Crippen LogP contribution in [-0.2, 0) is 4.79 Å². The SMILES string of the molecule is NC(=O)C1(NCC2CC2)CCC(C(F)(F)F)CC1. The molecule has 0 saturated heterocycles. The molecule has 0 aromatic rings. The van der Waals surface area contributed by atoms with Gasteiger partial charge in [-0.3, -0.25) is 4.79 Å². The molecule has 2 saturated carbocycles. The highest BCUT2D eigenvalue weighted by molar-refractivity contribution is 5.84. The zero-order chi connectivity index (χ0) is 13.4. The lowest BCUT2D eigenvalue weighted by molar-refractivity contribution is -0.186. The van der Waals surface area contributed by atoms with E-state index in [4.69, 9.17) is 5.73 Å². The van der Waals surface area contributed by atoms with Crippen LogP contribution in [0.3, 0.4) is 0 Å². The lowest BCUT2D eigenvalue weighted by atomic mass is 9.75. The highest BCUT2D eigenvalue weighted by atomic mass is 19.4. The van der Waals surface area contributed by atoms with Crippen LogP contribution in [0.4, 0.5) is 13.2 Å². The summed E-state index contributed by atoms with van der Waals surface area (Å²) in [7, 11) is 0. The molecule has 0 atom stereocenters. The van der Waals surface area contributed by atoms with E-state index < -0.39 is 23.5 Å². The maximum Gasteiger partial charge on any atom is 0.391 e. The largest absolute Gasteiger partial charge is 0.391 e. The normalized spacial score (nSPS) is 33.4. The Morgan fingerprint density at radius 3 is 2.17 bits per heavy atom. The molecule has 0 spiro atoms. The molecule has 3 N–H and O–H groups in total. The number of nitrogens with two attached hydrogens (primary N) is 1. The summed E-state index contributed by atoms with van der Waals surface area (Å²) in [5.74, 6) is -1.22. The first-order valence-electron chi connectivity index (χ1n) is 6.45. The van der Waals surface area contributed by atoms with E-state index in [0.29, 0.717) is 12.5 Å². The Balaban J connectivity index is 1.94. The zero-order valence-electron chi connectivity index (χ0n) is 10.2. The van der Waals surface area contributed by atoms with Crippen molar-refractivity contribution in [1.82, 2.24) is 5.32 Å². The third kappa shape index (κ3) is 2.96.